The molecule has 2 amide bonds. The first-order valence-electron chi connectivity index (χ1n) is 9.98. The van der Waals surface area contributed by atoms with Crippen LogP contribution in [-0.2, 0) is 19.6 Å². The minimum absolute atomic E-state index is 0.117. The van der Waals surface area contributed by atoms with Crippen LogP contribution in [0.2, 0.25) is 0 Å². The van der Waals surface area contributed by atoms with Crippen LogP contribution in [0.4, 0.5) is 5.13 Å². The van der Waals surface area contributed by atoms with Crippen molar-refractivity contribution >= 4 is 38.3 Å². The molecule has 1 atom stereocenters. The third-order valence-corrected chi connectivity index (χ3v) is 6.28. The Morgan fingerprint density at radius 3 is 2.70 bits per heavy atom. The fraction of sp³-hybridized carbons (Fsp3) is 0.227. The summed E-state index contributed by atoms with van der Waals surface area (Å²) >= 11 is 1.27. The summed E-state index contributed by atoms with van der Waals surface area (Å²) < 4.78 is 29.6. The average Bonchev–Trinajstić information content (AvgIpc) is 3.46. The minimum atomic E-state index is -3.52. The highest BCUT2D eigenvalue weighted by Crippen LogP contribution is 2.24. The summed E-state index contributed by atoms with van der Waals surface area (Å²) in [5.74, 6) is -1.03. The predicted molar refractivity (Wildman–Crippen MR) is 128 cm³/mol. The Labute approximate surface area is 196 Å². The lowest BCUT2D eigenvalue weighted by Gasteiger charge is -2.17. The highest BCUT2D eigenvalue weighted by molar-refractivity contribution is 7.89. The lowest BCUT2D eigenvalue weighted by molar-refractivity contribution is -0.118. The molecule has 0 aliphatic carbocycles. The molecule has 0 fully saturated rings. The van der Waals surface area contributed by atoms with E-state index in [1.54, 1.807) is 6.08 Å². The van der Waals surface area contributed by atoms with Gasteiger partial charge in [0, 0.05) is 29.9 Å². The number of nitrogens with zero attached hydrogens (tertiary/aromatic N) is 2. The Bertz CT molecular complexity index is 1220. The van der Waals surface area contributed by atoms with Gasteiger partial charge in [-0.15, -0.1) is 17.9 Å². The zero-order chi connectivity index (χ0) is 23.8. The van der Waals surface area contributed by atoms with E-state index in [4.69, 9.17) is 4.74 Å². The second kappa shape index (κ2) is 11.0. The van der Waals surface area contributed by atoms with Crippen molar-refractivity contribution in [3.63, 3.8) is 0 Å². The monoisotopic (exact) mass is 488 g/mol. The Balaban J connectivity index is 1.70. The van der Waals surface area contributed by atoms with Gasteiger partial charge in [0.05, 0.1) is 24.1 Å². The van der Waals surface area contributed by atoms with Crippen molar-refractivity contribution in [2.24, 2.45) is 0 Å². The average molecular weight is 489 g/mol. The van der Waals surface area contributed by atoms with Crippen LogP contribution >= 0.6 is 11.3 Å². The van der Waals surface area contributed by atoms with E-state index in [1.165, 1.54) is 29.8 Å². The number of carbonyl (C=O) groups is 2. The maximum Gasteiger partial charge on any atom is 0.253 e. The molecule has 0 bridgehead atoms. The van der Waals surface area contributed by atoms with E-state index in [-0.39, 0.29) is 18.6 Å². The van der Waals surface area contributed by atoms with Gasteiger partial charge in [0.25, 0.3) is 5.91 Å². The molecule has 174 valence electrons. The molecule has 11 heteroatoms. The number of amides is 2. The molecule has 2 aromatic heterocycles. The van der Waals surface area contributed by atoms with Gasteiger partial charge in [0.2, 0.25) is 15.9 Å². The van der Waals surface area contributed by atoms with Crippen molar-refractivity contribution in [1.29, 1.82) is 0 Å². The van der Waals surface area contributed by atoms with Gasteiger partial charge in [-0.3, -0.25) is 13.6 Å². The lowest BCUT2D eigenvalue weighted by Crippen LogP contribution is -2.44. The molecule has 3 rings (SSSR count). The highest BCUT2D eigenvalue weighted by atomic mass is 32.2. The van der Waals surface area contributed by atoms with Gasteiger partial charge in [0.15, 0.2) is 5.13 Å². The molecule has 0 spiro atoms. The molecule has 9 nitrogen and oxygen atoms in total. The molecule has 33 heavy (non-hydrogen) atoms. The van der Waals surface area contributed by atoms with E-state index in [0.717, 1.165) is 21.5 Å². The summed E-state index contributed by atoms with van der Waals surface area (Å²) in [6.45, 7) is 4.10. The molecule has 0 saturated heterocycles. The Morgan fingerprint density at radius 1 is 1.27 bits per heavy atom. The first-order valence-corrected chi connectivity index (χ1v) is 12.7. The van der Waals surface area contributed by atoms with Crippen LogP contribution in [-0.4, -0.2) is 54.7 Å². The van der Waals surface area contributed by atoms with Crippen LogP contribution in [0.15, 0.2) is 66.8 Å². The molecule has 0 aliphatic rings. The van der Waals surface area contributed by atoms with E-state index in [1.807, 2.05) is 35.7 Å². The van der Waals surface area contributed by atoms with Crippen molar-refractivity contribution in [1.82, 2.24) is 14.3 Å². The number of thiazole rings is 1. The number of anilines is 1. The number of benzene rings is 1. The molecule has 0 saturated carbocycles. The van der Waals surface area contributed by atoms with Crippen LogP contribution < -0.4 is 10.6 Å². The van der Waals surface area contributed by atoms with E-state index in [9.17, 15) is 18.0 Å². The zero-order valence-electron chi connectivity index (χ0n) is 17.9. The maximum absolute atomic E-state index is 12.9. The minimum Gasteiger partial charge on any atom is -0.377 e. The highest BCUT2D eigenvalue weighted by Gasteiger charge is 2.23. The molecule has 2 heterocycles. The van der Waals surface area contributed by atoms with Crippen LogP contribution in [0.1, 0.15) is 16.8 Å². The molecular weight excluding hydrogens is 464 g/mol. The standard InChI is InChI=1S/C22H24N4O5S2/c1-3-12-31-13-10-18(23-20(27)17-9-11-26(14-17)33(2,29)30)21(28)25-22-24-19(15-32-22)16-7-5-4-6-8-16/h3-9,11,14-15,18H,1,10,12-13H2,2H3,(H,23,27)(H,24,25,28)/t18-/m0/s1. The first kappa shape index (κ1) is 24.4. The van der Waals surface area contributed by atoms with Crippen molar-refractivity contribution in [3.8, 4) is 11.3 Å². The van der Waals surface area contributed by atoms with E-state index in [0.29, 0.717) is 11.7 Å². The summed E-state index contributed by atoms with van der Waals surface area (Å²) in [4.78, 5) is 30.0. The van der Waals surface area contributed by atoms with Crippen LogP contribution in [0, 0.1) is 0 Å². The molecule has 0 aliphatic heterocycles. The largest absolute Gasteiger partial charge is 0.377 e. The number of aromatic nitrogens is 2. The number of hydrogen-bond donors (Lipinski definition) is 2. The van der Waals surface area contributed by atoms with Crippen LogP contribution in [0.3, 0.4) is 0 Å². The normalized spacial score (nSPS) is 12.2. The van der Waals surface area contributed by atoms with E-state index >= 15 is 0 Å². The first-order chi connectivity index (χ1) is 15.8. The summed E-state index contributed by atoms with van der Waals surface area (Å²) in [7, 11) is -3.52. The fourth-order valence-electron chi connectivity index (χ4n) is 2.86. The SMILES string of the molecule is C=CCOCC[C@H](NC(=O)c1ccn(S(C)(=O)=O)c1)C(=O)Nc1nc(-c2ccccc2)cs1. The third kappa shape index (κ3) is 6.85. The van der Waals surface area contributed by atoms with Gasteiger partial charge < -0.3 is 15.4 Å². The number of rotatable bonds is 11. The van der Waals surface area contributed by atoms with Gasteiger partial charge in [-0.1, -0.05) is 36.4 Å². The number of carbonyl (C=O) groups excluding carboxylic acids is 2. The van der Waals surface area contributed by atoms with Gasteiger partial charge in [-0.05, 0) is 12.5 Å². The topological polar surface area (TPSA) is 119 Å². The summed E-state index contributed by atoms with van der Waals surface area (Å²) in [5, 5.41) is 7.61. The fourth-order valence-corrected chi connectivity index (χ4v) is 4.17. The van der Waals surface area contributed by atoms with Gasteiger partial charge in [-0.25, -0.2) is 13.4 Å². The molecule has 3 aromatic rings. The van der Waals surface area contributed by atoms with Gasteiger partial charge in [0.1, 0.15) is 6.04 Å². The third-order valence-electron chi connectivity index (χ3n) is 4.52. The smallest absolute Gasteiger partial charge is 0.253 e. The molecule has 0 radical (unpaired) electrons. The number of nitrogens with one attached hydrogen (secondary N) is 2. The van der Waals surface area contributed by atoms with Crippen molar-refractivity contribution < 1.29 is 22.7 Å². The molecular formula is C22H24N4O5S2. The Morgan fingerprint density at radius 2 is 2.03 bits per heavy atom. The maximum atomic E-state index is 12.9. The molecule has 0 unspecified atom stereocenters. The number of ether oxygens (including phenoxy) is 1. The van der Waals surface area contributed by atoms with Crippen molar-refractivity contribution in [2.75, 3.05) is 24.8 Å². The van der Waals surface area contributed by atoms with Crippen LogP contribution in [0.25, 0.3) is 11.3 Å². The molecule has 2 N–H and O–H groups in total. The zero-order valence-corrected chi connectivity index (χ0v) is 19.6. The quantitative estimate of drug-likeness (QED) is 0.316. The summed E-state index contributed by atoms with van der Waals surface area (Å²) in [6.07, 6.45) is 5.28. The van der Waals surface area contributed by atoms with Gasteiger partial charge >= 0.3 is 0 Å². The Kier molecular flexibility index (Phi) is 8.15. The van der Waals surface area contributed by atoms with E-state index < -0.39 is 27.9 Å². The van der Waals surface area contributed by atoms with E-state index in [2.05, 4.69) is 22.2 Å². The molecule has 1 aromatic carbocycles. The lowest BCUT2D eigenvalue weighted by atomic mass is 10.2. The summed E-state index contributed by atoms with van der Waals surface area (Å²) in [6, 6.07) is 9.99. The number of hydrogen-bond acceptors (Lipinski definition) is 7. The van der Waals surface area contributed by atoms with Crippen molar-refractivity contribution in [3.05, 3.63) is 72.4 Å². The van der Waals surface area contributed by atoms with Crippen molar-refractivity contribution in [2.45, 2.75) is 12.5 Å². The Hall–Kier alpha value is -3.28. The summed E-state index contributed by atoms with van der Waals surface area (Å²) in [5.41, 5.74) is 1.77. The van der Waals surface area contributed by atoms with Crippen LogP contribution in [0.5, 0.6) is 0 Å². The van der Waals surface area contributed by atoms with Gasteiger partial charge in [-0.2, -0.15) is 0 Å². The second-order valence-corrected chi connectivity index (χ2v) is 9.81. The predicted octanol–water partition coefficient (Wildman–Crippen LogP) is 2.75. The second-order valence-electron chi connectivity index (χ2n) is 7.06.